The van der Waals surface area contributed by atoms with E-state index in [1.165, 1.54) is 13.8 Å². The summed E-state index contributed by atoms with van der Waals surface area (Å²) in [5.41, 5.74) is -0.491. The van der Waals surface area contributed by atoms with Crippen molar-refractivity contribution < 1.29 is 48.7 Å². The highest BCUT2D eigenvalue weighted by atomic mass is 16.7. The van der Waals surface area contributed by atoms with E-state index >= 15 is 0 Å². The fraction of sp³-hybridized carbons (Fsp3) is 0.917. The molecule has 5 saturated carbocycles. The summed E-state index contributed by atoms with van der Waals surface area (Å²) in [6.45, 7) is 13.9. The van der Waals surface area contributed by atoms with Gasteiger partial charge in [0.15, 0.2) is 6.29 Å². The second kappa shape index (κ2) is 11.5. The van der Waals surface area contributed by atoms with Gasteiger partial charge in [-0.15, -0.1) is 0 Å². The number of ether oxygens (including phenoxy) is 4. The minimum Gasteiger partial charge on any atom is -0.463 e. The summed E-state index contributed by atoms with van der Waals surface area (Å²) < 4.78 is 24.2. The molecule has 0 aromatic heterocycles. The number of esters is 2. The lowest BCUT2D eigenvalue weighted by Gasteiger charge is -2.69. The van der Waals surface area contributed by atoms with Gasteiger partial charge < -0.3 is 39.1 Å². The molecule has 1 saturated heterocycles. The second-order valence-corrected chi connectivity index (χ2v) is 17.0. The molecule has 15 atom stereocenters. The summed E-state index contributed by atoms with van der Waals surface area (Å²) in [5, 5.41) is 32.8. The molecule has 0 radical (unpaired) electrons. The van der Waals surface area contributed by atoms with Crippen molar-refractivity contribution in [3.63, 3.8) is 0 Å². The first-order valence-corrected chi connectivity index (χ1v) is 17.6. The van der Waals surface area contributed by atoms with Gasteiger partial charge in [-0.25, -0.2) is 0 Å². The average Bonchev–Trinajstić information content (AvgIpc) is 3.55. The van der Waals surface area contributed by atoms with Gasteiger partial charge in [0.1, 0.15) is 43.4 Å². The monoisotopic (exact) mass is 648 g/mol. The molecular formula is C36H56O10. The standard InChI is InChI=1S/C36H56O10/c1-19(11-15-37)22-8-14-36-18-35(22,36)13-9-24-33(6)12-10-26(44-21(3)39)32(4,5)25(33)16-27(34(24,36)7)46-31-30(42)29(41)28(40)23(45-31)17-43-20(2)38/h15,19,22-31,40-42H,8-14,16-18H2,1-7H3/t19-,22+,23-,24-,25+,26-,27-,28-,29+,30-,31+,33-,34+,35-,36-/m1/s1. The van der Waals surface area contributed by atoms with Crippen molar-refractivity contribution >= 4 is 18.2 Å². The summed E-state index contributed by atoms with van der Waals surface area (Å²) >= 11 is 0. The number of aliphatic hydroxyl groups is 3. The fourth-order valence-electron chi connectivity index (χ4n) is 12.9. The molecule has 3 N–H and O–H groups in total. The van der Waals surface area contributed by atoms with Crippen LogP contribution in [0.3, 0.4) is 0 Å². The Balaban J connectivity index is 1.39. The van der Waals surface area contributed by atoms with E-state index in [0.717, 1.165) is 51.2 Å². The van der Waals surface area contributed by atoms with Gasteiger partial charge in [-0.05, 0) is 91.3 Å². The zero-order valence-electron chi connectivity index (χ0n) is 28.7. The van der Waals surface area contributed by atoms with E-state index in [-0.39, 0.29) is 57.8 Å². The number of rotatable bonds is 8. The Labute approximate surface area is 273 Å². The van der Waals surface area contributed by atoms with Gasteiger partial charge >= 0.3 is 11.9 Å². The molecule has 0 bridgehead atoms. The van der Waals surface area contributed by atoms with Gasteiger partial charge in [-0.1, -0.05) is 34.6 Å². The predicted molar refractivity (Wildman–Crippen MR) is 166 cm³/mol. The third-order valence-corrected chi connectivity index (χ3v) is 14.9. The highest BCUT2D eigenvalue weighted by Crippen LogP contribution is 2.91. The zero-order valence-corrected chi connectivity index (χ0v) is 28.7. The van der Waals surface area contributed by atoms with Crippen LogP contribution in [0.15, 0.2) is 0 Å². The second-order valence-electron chi connectivity index (χ2n) is 17.0. The summed E-state index contributed by atoms with van der Waals surface area (Å²) in [4.78, 5) is 35.3. The molecule has 10 heteroatoms. The molecule has 5 aliphatic carbocycles. The van der Waals surface area contributed by atoms with Crippen LogP contribution in [0.1, 0.15) is 106 Å². The Bertz CT molecular complexity index is 1220. The molecule has 46 heavy (non-hydrogen) atoms. The first kappa shape index (κ1) is 34.3. The average molecular weight is 649 g/mol. The van der Waals surface area contributed by atoms with Crippen molar-refractivity contribution in [2.75, 3.05) is 6.61 Å². The minimum absolute atomic E-state index is 0.0230. The van der Waals surface area contributed by atoms with Gasteiger partial charge in [0.2, 0.25) is 0 Å². The molecule has 1 aliphatic heterocycles. The topological polar surface area (TPSA) is 149 Å². The van der Waals surface area contributed by atoms with E-state index in [4.69, 9.17) is 18.9 Å². The molecule has 6 aliphatic rings. The van der Waals surface area contributed by atoms with Crippen LogP contribution in [0.2, 0.25) is 0 Å². The molecule has 0 aromatic rings. The highest BCUT2D eigenvalue weighted by molar-refractivity contribution is 5.66. The number of carbonyl (C=O) groups is 3. The Morgan fingerprint density at radius 3 is 2.28 bits per heavy atom. The van der Waals surface area contributed by atoms with E-state index in [1.807, 2.05) is 0 Å². The first-order valence-electron chi connectivity index (χ1n) is 17.6. The van der Waals surface area contributed by atoms with Gasteiger partial charge in [0.25, 0.3) is 0 Å². The number of aliphatic hydroxyl groups excluding tert-OH is 3. The number of hydrogen-bond donors (Lipinski definition) is 3. The fourth-order valence-corrected chi connectivity index (χ4v) is 12.9. The molecule has 0 aromatic carbocycles. The smallest absolute Gasteiger partial charge is 0.302 e. The van der Waals surface area contributed by atoms with Crippen LogP contribution in [0, 0.1) is 50.7 Å². The zero-order chi connectivity index (χ0) is 33.6. The SMILES string of the molecule is CC(=O)OC[C@H]1O[C@@H](O[C@@H]2C[C@H]3C(C)(C)[C@H](OC(C)=O)CC[C@]3(C)[C@H]3CC[C@]45C[C@]4(CC[C@H]5[C@H](C)CC=O)[C@@]32C)[C@H](O)[C@@H](O)[C@@H]1O. The van der Waals surface area contributed by atoms with E-state index in [2.05, 4.69) is 34.6 Å². The third-order valence-electron chi connectivity index (χ3n) is 14.9. The van der Waals surface area contributed by atoms with Crippen LogP contribution in [0.25, 0.3) is 0 Å². The lowest BCUT2D eigenvalue weighted by molar-refractivity contribution is -0.344. The van der Waals surface area contributed by atoms with Crippen molar-refractivity contribution in [3.05, 3.63) is 0 Å². The third kappa shape index (κ3) is 4.70. The van der Waals surface area contributed by atoms with Crippen LogP contribution in [0.5, 0.6) is 0 Å². The Kier molecular flexibility index (Phi) is 8.57. The molecule has 0 unspecified atom stereocenters. The number of hydrogen-bond acceptors (Lipinski definition) is 10. The number of carbonyl (C=O) groups excluding carboxylic acids is 3. The van der Waals surface area contributed by atoms with Crippen LogP contribution >= 0.6 is 0 Å². The summed E-state index contributed by atoms with van der Waals surface area (Å²) in [7, 11) is 0. The van der Waals surface area contributed by atoms with Crippen LogP contribution in [-0.2, 0) is 33.3 Å². The first-order chi connectivity index (χ1) is 21.5. The molecule has 0 amide bonds. The van der Waals surface area contributed by atoms with Crippen molar-refractivity contribution in [1.29, 1.82) is 0 Å². The summed E-state index contributed by atoms with van der Waals surface area (Å²) in [5.74, 6) is 0.408. The summed E-state index contributed by atoms with van der Waals surface area (Å²) in [6, 6.07) is 0. The van der Waals surface area contributed by atoms with Crippen molar-refractivity contribution in [2.45, 2.75) is 149 Å². The largest absolute Gasteiger partial charge is 0.463 e. The van der Waals surface area contributed by atoms with Crippen LogP contribution in [0.4, 0.5) is 0 Å². The van der Waals surface area contributed by atoms with Crippen molar-refractivity contribution in [2.24, 2.45) is 50.7 Å². The van der Waals surface area contributed by atoms with Gasteiger partial charge in [0.05, 0.1) is 6.10 Å². The Morgan fingerprint density at radius 2 is 1.63 bits per heavy atom. The van der Waals surface area contributed by atoms with Crippen molar-refractivity contribution in [1.82, 2.24) is 0 Å². The lowest BCUT2D eigenvalue weighted by atomic mass is 9.37. The quantitative estimate of drug-likeness (QED) is 0.201. The van der Waals surface area contributed by atoms with Gasteiger partial charge in [0, 0.05) is 31.1 Å². The van der Waals surface area contributed by atoms with Crippen LogP contribution in [-0.4, -0.2) is 83.1 Å². The maximum Gasteiger partial charge on any atom is 0.302 e. The van der Waals surface area contributed by atoms with E-state index in [0.29, 0.717) is 30.6 Å². The number of fused-ring (bicyclic) bond motifs is 3. The maximum atomic E-state index is 12.2. The van der Waals surface area contributed by atoms with Crippen LogP contribution < -0.4 is 0 Å². The van der Waals surface area contributed by atoms with E-state index in [9.17, 15) is 29.7 Å². The van der Waals surface area contributed by atoms with Gasteiger partial charge in [-0.3, -0.25) is 9.59 Å². The molecule has 1 heterocycles. The number of aldehydes is 1. The van der Waals surface area contributed by atoms with Crippen molar-refractivity contribution in [3.8, 4) is 0 Å². The van der Waals surface area contributed by atoms with E-state index < -0.39 is 36.7 Å². The molecule has 10 nitrogen and oxygen atoms in total. The lowest BCUT2D eigenvalue weighted by Crippen LogP contribution is -2.68. The predicted octanol–water partition coefficient (Wildman–Crippen LogP) is 3.95. The highest BCUT2D eigenvalue weighted by Gasteiger charge is 2.85. The minimum atomic E-state index is -1.54. The molecule has 0 spiro atoms. The van der Waals surface area contributed by atoms with Gasteiger partial charge in [-0.2, -0.15) is 0 Å². The molecular weight excluding hydrogens is 592 g/mol. The van der Waals surface area contributed by atoms with E-state index in [1.54, 1.807) is 0 Å². The Morgan fingerprint density at radius 1 is 0.913 bits per heavy atom. The Hall–Kier alpha value is -1.59. The summed E-state index contributed by atoms with van der Waals surface area (Å²) in [6.07, 6.45) is 2.10. The molecule has 6 rings (SSSR count). The molecule has 260 valence electrons. The maximum absolute atomic E-state index is 12.2. The normalized spacial score (nSPS) is 51.0. The molecule has 6 fully saturated rings.